The first-order chi connectivity index (χ1) is 47.3. The van der Waals surface area contributed by atoms with Crippen molar-refractivity contribution < 1.29 is 61.3 Å². The van der Waals surface area contributed by atoms with Crippen LogP contribution < -0.4 is 0 Å². The van der Waals surface area contributed by atoms with Gasteiger partial charge in [0, 0.05) is 116 Å². The third-order valence-corrected chi connectivity index (χ3v) is 22.1. The summed E-state index contributed by atoms with van der Waals surface area (Å²) in [6.07, 6.45) is -0.209. The fourth-order valence-electron chi connectivity index (χ4n) is 15.6. The van der Waals surface area contributed by atoms with Crippen LogP contribution >= 0.6 is 0 Å². The lowest BCUT2D eigenvalue weighted by molar-refractivity contribution is 0.419. The van der Waals surface area contributed by atoms with Gasteiger partial charge < -0.3 is 61.3 Å². The van der Waals surface area contributed by atoms with Crippen molar-refractivity contribution in [3.63, 3.8) is 0 Å². The first-order valence-electron chi connectivity index (χ1n) is 37.1. The van der Waals surface area contributed by atoms with Crippen LogP contribution in [0.15, 0.2) is 72.8 Å². The van der Waals surface area contributed by atoms with Gasteiger partial charge in [0.25, 0.3) is 0 Å². The van der Waals surface area contributed by atoms with Gasteiger partial charge in [-0.3, -0.25) is 0 Å². The SMILES string of the molecule is CC1c2cc(c(O)c(Cc3cc(C(C)(C)C)c(O)c(C(C)(C)C)c3)c2O)C(C)c2cc(c(O)c(Cc3cc(C(C)(C)C)c(O)c(C(C)(C)C)c3)c2O)C(C)c2cc(c(O)c(Cc3cc(C(C)(C)C)c(O)c(C(C)(C)C)c3)c2O)C(C)c2cc1c(O)c(Cc1cc(C(C)(C)C)c(O)c(C(C)(C)C)c1)c2O. The number of phenolic OH excluding ortho intramolecular Hbond substituents is 12. The second-order valence-corrected chi connectivity index (χ2v) is 38.7. The molecule has 12 nitrogen and oxygen atoms in total. The van der Waals surface area contributed by atoms with Crippen molar-refractivity contribution in [1.29, 1.82) is 0 Å². The number of fused-ring (bicyclic) bond motifs is 8. The maximum Gasteiger partial charge on any atom is 0.126 e. The molecule has 1 aliphatic rings. The molecule has 560 valence electrons. The first-order valence-corrected chi connectivity index (χ1v) is 37.1. The molecule has 0 unspecified atom stereocenters. The Labute approximate surface area is 619 Å². The Morgan fingerprint density at radius 2 is 0.288 bits per heavy atom. The normalized spacial score (nSPS) is 16.5. The molecular formula is C92H120O12. The number of aromatic hydroxyl groups is 12. The molecule has 0 amide bonds. The summed E-state index contributed by atoms with van der Waals surface area (Å²) in [5, 5.41) is 155. The van der Waals surface area contributed by atoms with E-state index in [1.54, 1.807) is 24.3 Å². The molecule has 0 aromatic heterocycles. The number of rotatable bonds is 8. The second-order valence-electron chi connectivity index (χ2n) is 38.7. The minimum Gasteiger partial charge on any atom is -0.507 e. The summed E-state index contributed by atoms with van der Waals surface area (Å²) in [4.78, 5) is 0. The average Bonchev–Trinajstić information content (AvgIpc) is 0.741. The van der Waals surface area contributed by atoms with Crippen LogP contribution in [0.4, 0.5) is 0 Å². The highest BCUT2D eigenvalue weighted by atomic mass is 16.3. The molecule has 0 saturated carbocycles. The van der Waals surface area contributed by atoms with Crippen molar-refractivity contribution in [2.45, 2.75) is 287 Å². The Balaban J connectivity index is 1.47. The lowest BCUT2D eigenvalue weighted by atomic mass is 9.75. The van der Waals surface area contributed by atoms with Crippen LogP contribution in [0.1, 0.15) is 351 Å². The molecule has 9 rings (SSSR count). The van der Waals surface area contributed by atoms with Crippen LogP contribution in [0.2, 0.25) is 0 Å². The van der Waals surface area contributed by atoms with Gasteiger partial charge in [0.15, 0.2) is 0 Å². The molecule has 12 N–H and O–H groups in total. The monoisotopic (exact) mass is 1420 g/mol. The molecule has 0 spiro atoms. The zero-order chi connectivity index (χ0) is 78.4. The van der Waals surface area contributed by atoms with Gasteiger partial charge in [-0.15, -0.1) is 0 Å². The van der Waals surface area contributed by atoms with E-state index in [4.69, 9.17) is 0 Å². The van der Waals surface area contributed by atoms with Crippen LogP contribution in [0, 0.1) is 0 Å². The molecule has 8 bridgehead atoms. The van der Waals surface area contributed by atoms with Gasteiger partial charge in [0.05, 0.1) is 0 Å². The predicted octanol–water partition coefficient (Wildman–Crippen LogP) is 21.8. The van der Waals surface area contributed by atoms with Crippen LogP contribution in [0.25, 0.3) is 0 Å². The predicted molar refractivity (Wildman–Crippen MR) is 422 cm³/mol. The van der Waals surface area contributed by atoms with E-state index in [9.17, 15) is 61.3 Å². The molecule has 8 aromatic rings. The highest BCUT2D eigenvalue weighted by Crippen LogP contribution is 2.56. The van der Waals surface area contributed by atoms with Crippen LogP contribution in [0.5, 0.6) is 69.0 Å². The fraction of sp³-hybridized carbons (Fsp3) is 0.478. The largest absolute Gasteiger partial charge is 0.507 e. The second kappa shape index (κ2) is 26.7. The van der Waals surface area contributed by atoms with Crippen LogP contribution in [-0.4, -0.2) is 61.3 Å². The van der Waals surface area contributed by atoms with E-state index < -0.39 is 67.0 Å². The number of phenols is 12. The van der Waals surface area contributed by atoms with Crippen molar-refractivity contribution in [3.05, 3.63) is 206 Å². The molecule has 0 saturated heterocycles. The van der Waals surface area contributed by atoms with Crippen molar-refractivity contribution in [3.8, 4) is 69.0 Å². The highest BCUT2D eigenvalue weighted by molar-refractivity contribution is 5.70. The van der Waals surface area contributed by atoms with Gasteiger partial charge in [-0.2, -0.15) is 0 Å². The number of benzene rings is 8. The third-order valence-electron chi connectivity index (χ3n) is 22.1. The summed E-state index contributed by atoms with van der Waals surface area (Å²) in [7, 11) is 0. The summed E-state index contributed by atoms with van der Waals surface area (Å²) >= 11 is 0. The molecule has 0 aliphatic heterocycles. The Kier molecular flexibility index (Phi) is 20.4. The van der Waals surface area contributed by atoms with Gasteiger partial charge >= 0.3 is 0 Å². The van der Waals surface area contributed by atoms with Crippen molar-refractivity contribution >= 4 is 0 Å². The van der Waals surface area contributed by atoms with Crippen molar-refractivity contribution in [1.82, 2.24) is 0 Å². The highest BCUT2D eigenvalue weighted by Gasteiger charge is 2.38. The minimum absolute atomic E-state index is 0.0522. The Hall–Kier alpha value is -8.64. The number of hydrogen-bond acceptors (Lipinski definition) is 12. The summed E-state index contributed by atoms with van der Waals surface area (Å²) in [5.41, 5.74) is 6.34. The maximum absolute atomic E-state index is 13.4. The summed E-state index contributed by atoms with van der Waals surface area (Å²) < 4.78 is 0. The van der Waals surface area contributed by atoms with E-state index in [-0.39, 0.29) is 161 Å². The standard InChI is InChI=1S/C92H120O12/c1-45-53-41-55(75(95)61(73(53)93)29-49-33-65(85(5,6)7)81(101)66(34-49)86(8,9)10)46(2)57-43-59(79(99)63(77(57)97)31-51-37-69(89(17,18)19)83(103)70(38-51)90(20,21)22)48(4)60-44-58(78(98)64(80(60)100)32-52-39-71(91(23,24)25)84(104)72(40-52)92(26,27)28)47(3)56-42-54(45)74(94)62(76(56)96)30-50-35-67(87(11,12)13)82(102)68(36-50)88(14,15)16/h33-48,93-104H,29-32H2,1-28H3. The van der Waals surface area contributed by atoms with Gasteiger partial charge in [-0.05, 0) is 134 Å². The van der Waals surface area contributed by atoms with E-state index >= 15 is 0 Å². The average molecular weight is 1420 g/mol. The smallest absolute Gasteiger partial charge is 0.126 e. The minimum atomic E-state index is -0.963. The molecule has 0 heterocycles. The van der Waals surface area contributed by atoms with Crippen molar-refractivity contribution in [2.24, 2.45) is 0 Å². The Morgan fingerprint density at radius 1 is 0.183 bits per heavy atom. The lowest BCUT2D eigenvalue weighted by Crippen LogP contribution is -2.18. The van der Waals surface area contributed by atoms with Crippen molar-refractivity contribution in [2.75, 3.05) is 0 Å². The van der Waals surface area contributed by atoms with Gasteiger partial charge in [0.1, 0.15) is 69.0 Å². The van der Waals surface area contributed by atoms with E-state index in [1.165, 1.54) is 0 Å². The molecule has 12 heteroatoms. The third kappa shape index (κ3) is 14.9. The van der Waals surface area contributed by atoms with Gasteiger partial charge in [-0.1, -0.05) is 242 Å². The molecule has 104 heavy (non-hydrogen) atoms. The molecule has 0 atom stereocenters. The maximum atomic E-state index is 13.4. The summed E-state index contributed by atoms with van der Waals surface area (Å²) in [6.45, 7) is 55.6. The van der Waals surface area contributed by atoms with Crippen LogP contribution in [0.3, 0.4) is 0 Å². The van der Waals surface area contributed by atoms with Gasteiger partial charge in [-0.25, -0.2) is 0 Å². The zero-order valence-corrected chi connectivity index (χ0v) is 67.4. The van der Waals surface area contributed by atoms with E-state index in [0.29, 0.717) is 66.8 Å². The van der Waals surface area contributed by atoms with E-state index in [0.717, 1.165) is 0 Å². The Bertz CT molecular complexity index is 3860. The van der Waals surface area contributed by atoms with Gasteiger partial charge in [0.2, 0.25) is 0 Å². The molecule has 8 aromatic carbocycles. The summed E-state index contributed by atoms with van der Waals surface area (Å²) in [6, 6.07) is 22.0. The van der Waals surface area contributed by atoms with E-state index in [2.05, 4.69) is 0 Å². The molecule has 0 radical (unpaired) electrons. The first kappa shape index (κ1) is 79.5. The fourth-order valence-corrected chi connectivity index (χ4v) is 15.6. The van der Waals surface area contributed by atoms with Crippen LogP contribution in [-0.2, 0) is 69.0 Å². The Morgan fingerprint density at radius 3 is 0.385 bits per heavy atom. The van der Waals surface area contributed by atoms with E-state index in [1.807, 2.05) is 242 Å². The molecule has 0 fully saturated rings. The number of hydrogen-bond donors (Lipinski definition) is 12. The summed E-state index contributed by atoms with van der Waals surface area (Å²) in [5.74, 6) is -5.53. The molecular weight excluding hydrogens is 1300 g/mol. The quantitative estimate of drug-likeness (QED) is 0.0680. The molecule has 1 aliphatic carbocycles. The lowest BCUT2D eigenvalue weighted by Gasteiger charge is -2.30. The zero-order valence-electron chi connectivity index (χ0n) is 67.4. The topological polar surface area (TPSA) is 243 Å².